The third-order valence-corrected chi connectivity index (χ3v) is 5.05. The smallest absolute Gasteiger partial charge is 0.271 e. The fourth-order valence-electron chi connectivity index (χ4n) is 2.82. The molecule has 2 aliphatic heterocycles. The second kappa shape index (κ2) is 6.88. The Morgan fingerprint density at radius 2 is 1.93 bits per heavy atom. The number of rotatable bonds is 4. The molecule has 7 nitrogen and oxygen atoms in total. The molecule has 2 aromatic carbocycles. The molecule has 2 heterocycles. The zero-order valence-electron chi connectivity index (χ0n) is 14.6. The Hall–Kier alpha value is -3.13. The number of ether oxygens (including phenoxy) is 4. The van der Waals surface area contributed by atoms with E-state index in [1.165, 1.54) is 4.90 Å². The van der Waals surface area contributed by atoms with Crippen LogP contribution in [0.15, 0.2) is 41.3 Å². The van der Waals surface area contributed by atoms with Crippen LogP contribution in [0, 0.1) is 5.41 Å². The zero-order valence-corrected chi connectivity index (χ0v) is 15.5. The quantitative estimate of drug-likeness (QED) is 0.813. The van der Waals surface area contributed by atoms with Gasteiger partial charge in [0.15, 0.2) is 16.7 Å². The van der Waals surface area contributed by atoms with Gasteiger partial charge in [0.1, 0.15) is 11.5 Å². The molecule has 0 radical (unpaired) electrons. The van der Waals surface area contributed by atoms with Crippen molar-refractivity contribution in [1.82, 2.24) is 0 Å². The molecule has 4 rings (SSSR count). The number of amidine groups is 1. The summed E-state index contributed by atoms with van der Waals surface area (Å²) in [6.07, 6.45) is 1.72. The molecule has 0 bridgehead atoms. The molecule has 0 saturated carbocycles. The van der Waals surface area contributed by atoms with Crippen molar-refractivity contribution in [2.24, 2.45) is 0 Å². The maximum Gasteiger partial charge on any atom is 0.271 e. The second-order valence-corrected chi connectivity index (χ2v) is 6.73. The molecule has 1 N–H and O–H groups in total. The second-order valence-electron chi connectivity index (χ2n) is 5.70. The predicted octanol–water partition coefficient (Wildman–Crippen LogP) is 3.49. The van der Waals surface area contributed by atoms with Crippen molar-refractivity contribution in [3.05, 3.63) is 46.9 Å². The summed E-state index contributed by atoms with van der Waals surface area (Å²) in [5, 5.41) is 8.36. The van der Waals surface area contributed by atoms with Gasteiger partial charge in [-0.3, -0.25) is 15.1 Å². The van der Waals surface area contributed by atoms with Gasteiger partial charge in [-0.1, -0.05) is 0 Å². The highest BCUT2D eigenvalue weighted by molar-refractivity contribution is 8.19. The summed E-state index contributed by atoms with van der Waals surface area (Å²) in [7, 11) is 3.13. The van der Waals surface area contributed by atoms with Crippen LogP contribution in [0.3, 0.4) is 0 Å². The van der Waals surface area contributed by atoms with E-state index in [0.717, 1.165) is 17.3 Å². The number of nitrogens with one attached hydrogen (secondary N) is 1. The lowest BCUT2D eigenvalue weighted by molar-refractivity contribution is -0.113. The fourth-order valence-corrected chi connectivity index (χ4v) is 3.68. The van der Waals surface area contributed by atoms with Gasteiger partial charge in [0, 0.05) is 17.7 Å². The van der Waals surface area contributed by atoms with Crippen LogP contribution in [0.4, 0.5) is 5.69 Å². The molecule has 2 aromatic rings. The van der Waals surface area contributed by atoms with Gasteiger partial charge in [0.05, 0.1) is 24.8 Å². The summed E-state index contributed by atoms with van der Waals surface area (Å²) < 4.78 is 21.2. The number of fused-ring (bicyclic) bond motifs is 1. The number of anilines is 1. The molecule has 138 valence electrons. The number of hydrogen-bond donors (Lipinski definition) is 1. The Kier molecular flexibility index (Phi) is 4.41. The molecule has 0 aromatic heterocycles. The van der Waals surface area contributed by atoms with Gasteiger partial charge in [0.2, 0.25) is 6.79 Å². The summed E-state index contributed by atoms with van der Waals surface area (Å²) in [4.78, 5) is 14.7. The third kappa shape index (κ3) is 3.08. The van der Waals surface area contributed by atoms with Gasteiger partial charge in [0.25, 0.3) is 5.91 Å². The average molecular weight is 384 g/mol. The number of methoxy groups -OCH3 is 2. The van der Waals surface area contributed by atoms with Crippen molar-refractivity contribution in [3.63, 3.8) is 0 Å². The van der Waals surface area contributed by atoms with E-state index in [1.54, 1.807) is 50.6 Å². The minimum Gasteiger partial charge on any atom is -0.497 e. The molecule has 1 fully saturated rings. The number of carbonyl (C=O) groups is 1. The van der Waals surface area contributed by atoms with Crippen molar-refractivity contribution >= 4 is 34.6 Å². The van der Waals surface area contributed by atoms with E-state index in [-0.39, 0.29) is 17.9 Å². The highest BCUT2D eigenvalue weighted by atomic mass is 32.2. The molecule has 27 heavy (non-hydrogen) atoms. The van der Waals surface area contributed by atoms with E-state index >= 15 is 0 Å². The SMILES string of the molecule is COc1ccc(/C=C2/SC(=N)N(c3ccc4c(c3)OCO4)C2=O)c(OC)c1. The van der Waals surface area contributed by atoms with Crippen LogP contribution >= 0.6 is 11.8 Å². The van der Waals surface area contributed by atoms with Crippen LogP contribution in [0.25, 0.3) is 6.08 Å². The first kappa shape index (κ1) is 17.3. The van der Waals surface area contributed by atoms with Crippen LogP contribution in [0.1, 0.15) is 5.56 Å². The summed E-state index contributed by atoms with van der Waals surface area (Å²) in [6, 6.07) is 10.5. The minimum absolute atomic E-state index is 0.123. The Labute approximate surface area is 160 Å². The largest absolute Gasteiger partial charge is 0.497 e. The van der Waals surface area contributed by atoms with E-state index in [4.69, 9.17) is 24.4 Å². The van der Waals surface area contributed by atoms with Crippen molar-refractivity contribution in [2.75, 3.05) is 25.9 Å². The van der Waals surface area contributed by atoms with Gasteiger partial charge in [-0.05, 0) is 42.1 Å². The van der Waals surface area contributed by atoms with E-state index in [9.17, 15) is 4.79 Å². The lowest BCUT2D eigenvalue weighted by Crippen LogP contribution is -2.28. The first-order valence-corrected chi connectivity index (χ1v) is 8.86. The van der Waals surface area contributed by atoms with E-state index < -0.39 is 0 Å². The summed E-state index contributed by atoms with van der Waals surface area (Å²) >= 11 is 1.10. The molecular weight excluding hydrogens is 368 g/mol. The molecule has 8 heteroatoms. The van der Waals surface area contributed by atoms with Crippen LogP contribution in [-0.4, -0.2) is 32.1 Å². The molecule has 0 atom stereocenters. The normalized spacial score (nSPS) is 17.0. The number of amides is 1. The number of hydrogen-bond acceptors (Lipinski definition) is 7. The van der Waals surface area contributed by atoms with Crippen LogP contribution in [0.5, 0.6) is 23.0 Å². The number of benzene rings is 2. The molecule has 0 aliphatic carbocycles. The Morgan fingerprint density at radius 1 is 1.11 bits per heavy atom. The molecule has 0 unspecified atom stereocenters. The van der Waals surface area contributed by atoms with Gasteiger partial charge < -0.3 is 18.9 Å². The lowest BCUT2D eigenvalue weighted by Gasteiger charge is -2.14. The number of thioether (sulfide) groups is 1. The van der Waals surface area contributed by atoms with Crippen LogP contribution < -0.4 is 23.8 Å². The minimum atomic E-state index is -0.276. The van der Waals surface area contributed by atoms with Gasteiger partial charge in [-0.15, -0.1) is 0 Å². The van der Waals surface area contributed by atoms with Crippen molar-refractivity contribution in [1.29, 1.82) is 5.41 Å². The standard InChI is InChI=1S/C19H16N2O5S/c1-23-13-5-3-11(15(9-13)24-2)7-17-18(22)21(19(20)27-17)12-4-6-14-16(8-12)26-10-25-14/h3-9,20H,10H2,1-2H3/b17-7+,20-19?. The van der Waals surface area contributed by atoms with Crippen molar-refractivity contribution in [2.45, 2.75) is 0 Å². The Balaban J connectivity index is 1.66. The topological polar surface area (TPSA) is 81.1 Å². The van der Waals surface area contributed by atoms with Gasteiger partial charge in [-0.25, -0.2) is 0 Å². The van der Waals surface area contributed by atoms with Gasteiger partial charge in [-0.2, -0.15) is 0 Å². The maximum absolute atomic E-state index is 12.9. The summed E-state index contributed by atoms with van der Waals surface area (Å²) in [5.41, 5.74) is 1.29. The lowest BCUT2D eigenvalue weighted by atomic mass is 10.1. The van der Waals surface area contributed by atoms with E-state index in [0.29, 0.717) is 33.6 Å². The van der Waals surface area contributed by atoms with Crippen molar-refractivity contribution < 1.29 is 23.7 Å². The highest BCUT2D eigenvalue weighted by Crippen LogP contribution is 2.41. The number of carbonyl (C=O) groups excluding carboxylic acids is 1. The maximum atomic E-state index is 12.9. The molecule has 0 spiro atoms. The third-order valence-electron chi connectivity index (χ3n) is 4.17. The van der Waals surface area contributed by atoms with E-state index in [1.807, 2.05) is 6.07 Å². The van der Waals surface area contributed by atoms with Crippen LogP contribution in [0.2, 0.25) is 0 Å². The average Bonchev–Trinajstić information content (AvgIpc) is 3.25. The van der Waals surface area contributed by atoms with Crippen molar-refractivity contribution in [3.8, 4) is 23.0 Å². The van der Waals surface area contributed by atoms with Gasteiger partial charge >= 0.3 is 0 Å². The predicted molar refractivity (Wildman–Crippen MR) is 103 cm³/mol. The first-order valence-electron chi connectivity index (χ1n) is 8.05. The monoisotopic (exact) mass is 384 g/mol. The molecule has 1 saturated heterocycles. The summed E-state index contributed by atoms with van der Waals surface area (Å²) in [6.45, 7) is 0.154. The Bertz CT molecular complexity index is 973. The summed E-state index contributed by atoms with van der Waals surface area (Å²) in [5.74, 6) is 2.16. The van der Waals surface area contributed by atoms with E-state index in [2.05, 4.69) is 0 Å². The first-order chi connectivity index (χ1) is 13.1. The van der Waals surface area contributed by atoms with Crippen LogP contribution in [-0.2, 0) is 4.79 Å². The highest BCUT2D eigenvalue weighted by Gasteiger charge is 2.34. The molecule has 1 amide bonds. The Morgan fingerprint density at radius 3 is 2.70 bits per heavy atom. The molecular formula is C19H16N2O5S. The molecule has 2 aliphatic rings. The zero-order chi connectivity index (χ0) is 19.0. The fraction of sp³-hybridized carbons (Fsp3) is 0.158. The number of nitrogens with zero attached hydrogens (tertiary/aromatic N) is 1.